The molecule has 0 N–H and O–H groups in total. The van der Waals surface area contributed by atoms with Crippen LogP contribution in [0, 0.1) is 17.2 Å². The average Bonchev–Trinajstić information content (AvgIpc) is 3.10. The largest absolute Gasteiger partial charge is 0.454 e. The number of fused-ring (bicyclic) bond motifs is 1. The lowest BCUT2D eigenvalue weighted by Crippen LogP contribution is -2.05. The van der Waals surface area contributed by atoms with Crippen LogP contribution in [0.25, 0.3) is 11.3 Å². The number of nitrogens with zero attached hydrogens (tertiary/aromatic N) is 4. The van der Waals surface area contributed by atoms with Crippen LogP contribution in [0.3, 0.4) is 0 Å². The average molecular weight is 284 g/mol. The third-order valence-electron chi connectivity index (χ3n) is 3.41. The van der Waals surface area contributed by atoms with E-state index in [-0.39, 0.29) is 6.79 Å². The van der Waals surface area contributed by atoms with Crippen LogP contribution in [-0.4, -0.2) is 21.8 Å². The number of hydrogen-bond acceptors (Lipinski definition) is 5. The zero-order valence-electron chi connectivity index (χ0n) is 12.0. The minimum absolute atomic E-state index is 0.231. The van der Waals surface area contributed by atoms with Gasteiger partial charge in [-0.25, -0.2) is 4.68 Å². The topological polar surface area (TPSA) is 73.0 Å². The lowest BCUT2D eigenvalue weighted by molar-refractivity contribution is 0.174. The van der Waals surface area contributed by atoms with Crippen molar-refractivity contribution >= 4 is 0 Å². The highest BCUT2D eigenvalue weighted by Gasteiger charge is 2.19. The highest BCUT2D eigenvalue weighted by atomic mass is 16.7. The van der Waals surface area contributed by atoms with Crippen LogP contribution in [0.4, 0.5) is 0 Å². The summed E-state index contributed by atoms with van der Waals surface area (Å²) in [5.74, 6) is 1.97. The molecule has 1 aliphatic rings. The predicted octanol–water partition coefficient (Wildman–Crippen LogP) is 2.59. The summed E-state index contributed by atoms with van der Waals surface area (Å²) in [6.07, 6.45) is 0.978. The molecule has 0 saturated heterocycles. The quantitative estimate of drug-likeness (QED) is 0.862. The van der Waals surface area contributed by atoms with Crippen molar-refractivity contribution in [2.75, 3.05) is 6.79 Å². The smallest absolute Gasteiger partial charge is 0.231 e. The van der Waals surface area contributed by atoms with Gasteiger partial charge in [-0.05, 0) is 30.5 Å². The molecule has 0 fully saturated rings. The minimum atomic E-state index is 0.231. The Balaban J connectivity index is 2.00. The number of nitriles is 1. The summed E-state index contributed by atoms with van der Waals surface area (Å²) < 4.78 is 12.5. The van der Waals surface area contributed by atoms with Crippen LogP contribution in [0.5, 0.6) is 11.5 Å². The molecular weight excluding hydrogens is 268 g/mol. The lowest BCUT2D eigenvalue weighted by Gasteiger charge is -2.09. The van der Waals surface area contributed by atoms with Gasteiger partial charge in [0.05, 0.1) is 0 Å². The molecule has 1 aromatic carbocycles. The van der Waals surface area contributed by atoms with Crippen LogP contribution in [0.2, 0.25) is 0 Å². The van der Waals surface area contributed by atoms with Gasteiger partial charge in [0.1, 0.15) is 11.8 Å². The number of rotatable bonds is 4. The Morgan fingerprint density at radius 1 is 1.33 bits per heavy atom. The van der Waals surface area contributed by atoms with Gasteiger partial charge in [-0.1, -0.05) is 19.1 Å². The van der Waals surface area contributed by atoms with Crippen LogP contribution in [-0.2, 0) is 6.54 Å². The van der Waals surface area contributed by atoms with Crippen molar-refractivity contribution in [3.8, 4) is 28.8 Å². The first-order chi connectivity index (χ1) is 10.2. The second-order valence-electron chi connectivity index (χ2n) is 5.37. The Bertz CT molecular complexity index is 700. The van der Waals surface area contributed by atoms with Crippen molar-refractivity contribution in [1.82, 2.24) is 15.0 Å². The van der Waals surface area contributed by atoms with Crippen molar-refractivity contribution in [2.45, 2.75) is 26.8 Å². The van der Waals surface area contributed by atoms with Gasteiger partial charge < -0.3 is 9.47 Å². The van der Waals surface area contributed by atoms with Gasteiger partial charge in [0, 0.05) is 12.1 Å². The Kier molecular flexibility index (Phi) is 3.48. The first-order valence-electron chi connectivity index (χ1n) is 6.92. The van der Waals surface area contributed by atoms with Crippen molar-refractivity contribution in [1.29, 1.82) is 5.26 Å². The highest BCUT2D eigenvalue weighted by Crippen LogP contribution is 2.36. The van der Waals surface area contributed by atoms with E-state index in [4.69, 9.17) is 9.47 Å². The van der Waals surface area contributed by atoms with Crippen molar-refractivity contribution in [3.05, 3.63) is 23.9 Å². The zero-order valence-corrected chi connectivity index (χ0v) is 12.0. The number of benzene rings is 1. The van der Waals surface area contributed by atoms with Gasteiger partial charge in [-0.15, -0.1) is 5.10 Å². The van der Waals surface area contributed by atoms with Gasteiger partial charge >= 0.3 is 0 Å². The molecule has 0 atom stereocenters. The summed E-state index contributed by atoms with van der Waals surface area (Å²) in [5.41, 5.74) is 1.93. The fraction of sp³-hybridized carbons (Fsp3) is 0.400. The number of aromatic nitrogens is 3. The van der Waals surface area contributed by atoms with E-state index in [1.54, 1.807) is 4.68 Å². The maximum absolute atomic E-state index is 9.24. The third kappa shape index (κ3) is 2.55. The molecule has 21 heavy (non-hydrogen) atoms. The first-order valence-corrected chi connectivity index (χ1v) is 6.92. The number of aryl methyl sites for hydroxylation is 1. The van der Waals surface area contributed by atoms with E-state index in [2.05, 4.69) is 30.2 Å². The second kappa shape index (κ2) is 5.44. The second-order valence-corrected chi connectivity index (χ2v) is 5.37. The molecule has 0 radical (unpaired) electrons. The minimum Gasteiger partial charge on any atom is -0.454 e. The molecule has 6 nitrogen and oxygen atoms in total. The summed E-state index contributed by atoms with van der Waals surface area (Å²) >= 11 is 0. The van der Waals surface area contributed by atoms with E-state index in [0.29, 0.717) is 17.4 Å². The molecular formula is C15H16N4O2. The summed E-state index contributed by atoms with van der Waals surface area (Å²) in [6.45, 7) is 5.27. The molecule has 0 saturated carbocycles. The van der Waals surface area contributed by atoms with E-state index in [9.17, 15) is 5.26 Å². The van der Waals surface area contributed by atoms with E-state index in [1.165, 1.54) is 0 Å². The fourth-order valence-corrected chi connectivity index (χ4v) is 2.25. The summed E-state index contributed by atoms with van der Waals surface area (Å²) in [7, 11) is 0. The zero-order chi connectivity index (χ0) is 14.8. The van der Waals surface area contributed by atoms with Crippen LogP contribution in [0.15, 0.2) is 18.2 Å². The lowest BCUT2D eigenvalue weighted by atomic mass is 10.1. The number of ether oxygens (including phenoxy) is 2. The van der Waals surface area contributed by atoms with Crippen LogP contribution in [0.1, 0.15) is 26.0 Å². The van der Waals surface area contributed by atoms with E-state index < -0.39 is 0 Å². The van der Waals surface area contributed by atoms with Gasteiger partial charge in [-0.3, -0.25) is 0 Å². The first kappa shape index (κ1) is 13.4. The molecule has 0 aliphatic carbocycles. The molecule has 108 valence electrons. The molecule has 0 bridgehead atoms. The summed E-state index contributed by atoms with van der Waals surface area (Å²) in [6, 6.07) is 7.72. The monoisotopic (exact) mass is 284 g/mol. The summed E-state index contributed by atoms with van der Waals surface area (Å²) in [4.78, 5) is 0. The number of hydrogen-bond donors (Lipinski definition) is 0. The molecule has 1 aliphatic heterocycles. The van der Waals surface area contributed by atoms with E-state index >= 15 is 0 Å². The molecule has 0 amide bonds. The van der Waals surface area contributed by atoms with Crippen molar-refractivity contribution in [2.24, 2.45) is 5.92 Å². The molecule has 2 heterocycles. The Hall–Kier alpha value is -2.55. The predicted molar refractivity (Wildman–Crippen MR) is 75.8 cm³/mol. The maximum atomic E-state index is 9.24. The normalized spacial score (nSPS) is 12.7. The summed E-state index contributed by atoms with van der Waals surface area (Å²) in [5, 5.41) is 17.3. The van der Waals surface area contributed by atoms with Gasteiger partial charge in [-0.2, -0.15) is 5.26 Å². The van der Waals surface area contributed by atoms with E-state index in [0.717, 1.165) is 30.0 Å². The van der Waals surface area contributed by atoms with Gasteiger partial charge in [0.15, 0.2) is 17.2 Å². The Labute approximate surface area is 122 Å². The Morgan fingerprint density at radius 2 is 2.14 bits per heavy atom. The van der Waals surface area contributed by atoms with Gasteiger partial charge in [0.25, 0.3) is 0 Å². The fourth-order valence-electron chi connectivity index (χ4n) is 2.25. The Morgan fingerprint density at radius 3 is 2.90 bits per heavy atom. The van der Waals surface area contributed by atoms with Gasteiger partial charge in [0.2, 0.25) is 6.79 Å². The standard InChI is InChI=1S/C15H16N4O2/c1-10(2)5-6-19-15(12(8-16)17-18-19)11-3-4-13-14(7-11)21-9-20-13/h3-4,7,10H,5-6,9H2,1-2H3. The SMILES string of the molecule is CC(C)CCn1nnc(C#N)c1-c1ccc2c(c1)OCO2. The van der Waals surface area contributed by atoms with Crippen LogP contribution >= 0.6 is 0 Å². The molecule has 3 rings (SSSR count). The molecule has 0 spiro atoms. The highest BCUT2D eigenvalue weighted by molar-refractivity contribution is 5.68. The molecule has 2 aromatic rings. The van der Waals surface area contributed by atoms with E-state index in [1.807, 2.05) is 18.2 Å². The molecule has 6 heteroatoms. The van der Waals surface area contributed by atoms with Crippen LogP contribution < -0.4 is 9.47 Å². The molecule has 1 aromatic heterocycles. The third-order valence-corrected chi connectivity index (χ3v) is 3.41. The van der Waals surface area contributed by atoms with Crippen molar-refractivity contribution < 1.29 is 9.47 Å². The maximum Gasteiger partial charge on any atom is 0.231 e. The molecule has 0 unspecified atom stereocenters. The van der Waals surface area contributed by atoms with Crippen molar-refractivity contribution in [3.63, 3.8) is 0 Å².